The number of halogens is 4. The summed E-state index contributed by atoms with van der Waals surface area (Å²) in [5, 5.41) is 3.01. The maximum absolute atomic E-state index is 12.6. The number of alkyl halides is 3. The maximum Gasteiger partial charge on any atom is 0.416 e. The van der Waals surface area contributed by atoms with Crippen molar-refractivity contribution in [1.29, 1.82) is 0 Å². The third-order valence-corrected chi connectivity index (χ3v) is 3.30. The number of anilines is 1. The number of hydrogen-bond donors (Lipinski definition) is 1. The first-order chi connectivity index (χ1) is 9.36. The molecule has 0 bridgehead atoms. The van der Waals surface area contributed by atoms with E-state index < -0.39 is 11.7 Å². The van der Waals surface area contributed by atoms with Gasteiger partial charge in [-0.2, -0.15) is 13.2 Å². The number of rotatable bonds is 3. The quantitative estimate of drug-likeness (QED) is 0.866. The van der Waals surface area contributed by atoms with Crippen LogP contribution in [0, 0.1) is 6.92 Å². The number of benzene rings is 1. The third-order valence-electron chi connectivity index (χ3n) is 2.69. The molecule has 6 heteroatoms. The van der Waals surface area contributed by atoms with Crippen LogP contribution in [0.25, 0.3) is 0 Å². The van der Waals surface area contributed by atoms with E-state index in [1.807, 2.05) is 13.0 Å². The van der Waals surface area contributed by atoms with Crippen molar-refractivity contribution in [1.82, 2.24) is 4.98 Å². The molecule has 0 radical (unpaired) electrons. The van der Waals surface area contributed by atoms with Crippen LogP contribution in [0.15, 0.2) is 41.0 Å². The summed E-state index contributed by atoms with van der Waals surface area (Å²) in [4.78, 5) is 4.18. The van der Waals surface area contributed by atoms with Gasteiger partial charge in [-0.15, -0.1) is 0 Å². The van der Waals surface area contributed by atoms with Crippen molar-refractivity contribution in [3.8, 4) is 0 Å². The summed E-state index contributed by atoms with van der Waals surface area (Å²) in [6.07, 6.45) is -2.63. The van der Waals surface area contributed by atoms with E-state index in [-0.39, 0.29) is 6.54 Å². The van der Waals surface area contributed by atoms with Crippen molar-refractivity contribution in [3.63, 3.8) is 0 Å². The van der Waals surface area contributed by atoms with Gasteiger partial charge in [0.25, 0.3) is 0 Å². The predicted octanol–water partition coefficient (Wildman–Crippen LogP) is 4.78. The molecule has 1 aromatic carbocycles. The molecule has 0 aliphatic carbocycles. The zero-order chi connectivity index (χ0) is 14.8. The molecule has 2 aromatic rings. The molecule has 0 aliphatic heterocycles. The molecule has 1 heterocycles. The first-order valence-electron chi connectivity index (χ1n) is 5.88. The van der Waals surface area contributed by atoms with Gasteiger partial charge in [-0.05, 0) is 52.2 Å². The van der Waals surface area contributed by atoms with Crippen molar-refractivity contribution >= 4 is 21.7 Å². The largest absolute Gasteiger partial charge is 0.416 e. The zero-order valence-electron chi connectivity index (χ0n) is 10.6. The van der Waals surface area contributed by atoms with E-state index in [0.717, 1.165) is 22.2 Å². The molecule has 1 aromatic heterocycles. The van der Waals surface area contributed by atoms with Crippen LogP contribution in [0.3, 0.4) is 0 Å². The minimum atomic E-state index is -4.32. The SMILES string of the molecule is Cc1cnc(NCc2cccc(C(F)(F)F)c2)c(Br)c1. The minimum absolute atomic E-state index is 0.276. The van der Waals surface area contributed by atoms with Gasteiger partial charge in [0.15, 0.2) is 0 Å². The Morgan fingerprint density at radius 1 is 1.25 bits per heavy atom. The van der Waals surface area contributed by atoms with E-state index in [9.17, 15) is 13.2 Å². The lowest BCUT2D eigenvalue weighted by Gasteiger charge is -2.11. The van der Waals surface area contributed by atoms with Crippen LogP contribution in [0.5, 0.6) is 0 Å². The molecule has 0 saturated carbocycles. The summed E-state index contributed by atoms with van der Waals surface area (Å²) >= 11 is 3.36. The second kappa shape index (κ2) is 5.83. The van der Waals surface area contributed by atoms with E-state index >= 15 is 0 Å². The van der Waals surface area contributed by atoms with Gasteiger partial charge < -0.3 is 5.32 Å². The standard InChI is InChI=1S/C14H12BrF3N2/c1-9-5-12(15)13(19-7-9)20-8-10-3-2-4-11(6-10)14(16,17)18/h2-7H,8H2,1H3,(H,19,20). The van der Waals surface area contributed by atoms with Gasteiger partial charge in [-0.3, -0.25) is 0 Å². The number of pyridine rings is 1. The Kier molecular flexibility index (Phi) is 4.32. The Balaban J connectivity index is 2.11. The summed E-state index contributed by atoms with van der Waals surface area (Å²) < 4.78 is 38.6. The van der Waals surface area contributed by atoms with Crippen LogP contribution < -0.4 is 5.32 Å². The van der Waals surface area contributed by atoms with Gasteiger partial charge in [-0.25, -0.2) is 4.98 Å². The van der Waals surface area contributed by atoms with Crippen molar-refractivity contribution in [2.45, 2.75) is 19.6 Å². The molecule has 0 aliphatic rings. The van der Waals surface area contributed by atoms with Gasteiger partial charge in [0, 0.05) is 12.7 Å². The number of aryl methyl sites for hydroxylation is 1. The average Bonchev–Trinajstić information content (AvgIpc) is 2.37. The molecule has 2 nitrogen and oxygen atoms in total. The zero-order valence-corrected chi connectivity index (χ0v) is 12.2. The molecular weight excluding hydrogens is 333 g/mol. The van der Waals surface area contributed by atoms with Gasteiger partial charge in [0.1, 0.15) is 5.82 Å². The van der Waals surface area contributed by atoms with Crippen LogP contribution in [0.4, 0.5) is 19.0 Å². The highest BCUT2D eigenvalue weighted by Crippen LogP contribution is 2.29. The monoisotopic (exact) mass is 344 g/mol. The smallest absolute Gasteiger partial charge is 0.365 e. The fourth-order valence-electron chi connectivity index (χ4n) is 1.71. The number of nitrogens with one attached hydrogen (secondary N) is 1. The second-order valence-electron chi connectivity index (χ2n) is 4.39. The number of aromatic nitrogens is 1. The van der Waals surface area contributed by atoms with Crippen molar-refractivity contribution < 1.29 is 13.2 Å². The highest BCUT2D eigenvalue weighted by Gasteiger charge is 2.30. The summed E-state index contributed by atoms with van der Waals surface area (Å²) in [6, 6.07) is 7.13. The average molecular weight is 345 g/mol. The Morgan fingerprint density at radius 3 is 2.65 bits per heavy atom. The van der Waals surface area contributed by atoms with E-state index in [0.29, 0.717) is 11.4 Å². The molecule has 0 spiro atoms. The van der Waals surface area contributed by atoms with Crippen LogP contribution >= 0.6 is 15.9 Å². The predicted molar refractivity (Wildman–Crippen MR) is 75.4 cm³/mol. The van der Waals surface area contributed by atoms with Crippen LogP contribution in [0.1, 0.15) is 16.7 Å². The Bertz CT molecular complexity index is 612. The van der Waals surface area contributed by atoms with Crippen molar-refractivity contribution in [3.05, 3.63) is 57.7 Å². The fourth-order valence-corrected chi connectivity index (χ4v) is 2.31. The third kappa shape index (κ3) is 3.72. The molecule has 20 heavy (non-hydrogen) atoms. The first-order valence-corrected chi connectivity index (χ1v) is 6.68. The second-order valence-corrected chi connectivity index (χ2v) is 5.25. The van der Waals surface area contributed by atoms with Crippen LogP contribution in [-0.4, -0.2) is 4.98 Å². The lowest BCUT2D eigenvalue weighted by Crippen LogP contribution is -2.07. The van der Waals surface area contributed by atoms with Gasteiger partial charge in [0.2, 0.25) is 0 Å². The van der Waals surface area contributed by atoms with E-state index in [1.165, 1.54) is 6.07 Å². The molecule has 0 unspecified atom stereocenters. The van der Waals surface area contributed by atoms with Gasteiger partial charge in [-0.1, -0.05) is 12.1 Å². The number of hydrogen-bond acceptors (Lipinski definition) is 2. The molecule has 0 amide bonds. The molecule has 1 N–H and O–H groups in total. The minimum Gasteiger partial charge on any atom is -0.365 e. The van der Waals surface area contributed by atoms with E-state index in [4.69, 9.17) is 0 Å². The summed E-state index contributed by atoms with van der Waals surface area (Å²) in [6.45, 7) is 2.19. The Hall–Kier alpha value is -1.56. The molecular formula is C14H12BrF3N2. The first kappa shape index (κ1) is 14.8. The van der Waals surface area contributed by atoms with E-state index in [1.54, 1.807) is 12.3 Å². The van der Waals surface area contributed by atoms with Crippen LogP contribution in [-0.2, 0) is 12.7 Å². The molecule has 2 rings (SSSR count). The van der Waals surface area contributed by atoms with Crippen molar-refractivity contribution in [2.24, 2.45) is 0 Å². The normalized spacial score (nSPS) is 11.4. The Labute approximate surface area is 123 Å². The van der Waals surface area contributed by atoms with Gasteiger partial charge >= 0.3 is 6.18 Å². The molecule has 0 atom stereocenters. The number of nitrogens with zero attached hydrogens (tertiary/aromatic N) is 1. The molecule has 106 valence electrons. The Morgan fingerprint density at radius 2 is 2.00 bits per heavy atom. The maximum atomic E-state index is 12.6. The fraction of sp³-hybridized carbons (Fsp3) is 0.214. The summed E-state index contributed by atoms with van der Waals surface area (Å²) in [7, 11) is 0. The highest BCUT2D eigenvalue weighted by atomic mass is 79.9. The highest BCUT2D eigenvalue weighted by molar-refractivity contribution is 9.10. The molecule has 0 saturated heterocycles. The lowest BCUT2D eigenvalue weighted by molar-refractivity contribution is -0.137. The topological polar surface area (TPSA) is 24.9 Å². The van der Waals surface area contributed by atoms with Crippen LogP contribution in [0.2, 0.25) is 0 Å². The van der Waals surface area contributed by atoms with Crippen molar-refractivity contribution in [2.75, 3.05) is 5.32 Å². The summed E-state index contributed by atoms with van der Waals surface area (Å²) in [5.41, 5.74) is 0.906. The van der Waals surface area contributed by atoms with Gasteiger partial charge in [0.05, 0.1) is 10.0 Å². The molecule has 0 fully saturated rings. The lowest BCUT2D eigenvalue weighted by atomic mass is 10.1. The summed E-state index contributed by atoms with van der Waals surface area (Å²) in [5.74, 6) is 0.605. The van der Waals surface area contributed by atoms with E-state index in [2.05, 4.69) is 26.2 Å².